The van der Waals surface area contributed by atoms with Crippen molar-refractivity contribution < 1.29 is 4.42 Å². The van der Waals surface area contributed by atoms with E-state index < -0.39 is 5.41 Å². The number of aromatic nitrogens is 3. The summed E-state index contributed by atoms with van der Waals surface area (Å²) in [5.41, 5.74) is 14.2. The van der Waals surface area contributed by atoms with Gasteiger partial charge in [0.15, 0.2) is 17.5 Å². The van der Waals surface area contributed by atoms with E-state index in [2.05, 4.69) is 158 Å². The second-order valence-corrected chi connectivity index (χ2v) is 14.3. The van der Waals surface area contributed by atoms with Gasteiger partial charge in [0.25, 0.3) is 0 Å². The fourth-order valence-corrected chi connectivity index (χ4v) is 9.19. The lowest BCUT2D eigenvalue weighted by Crippen LogP contribution is -2.25. The number of nitrogens with zero attached hydrogens (tertiary/aromatic N) is 3. The number of para-hydroxylation sites is 1. The van der Waals surface area contributed by atoms with Gasteiger partial charge in [-0.15, -0.1) is 0 Å². The third-order valence-electron chi connectivity index (χ3n) is 11.5. The first-order valence-corrected chi connectivity index (χ1v) is 18.4. The fourth-order valence-electron chi connectivity index (χ4n) is 9.19. The van der Waals surface area contributed by atoms with E-state index in [1.165, 1.54) is 49.9 Å². The van der Waals surface area contributed by atoms with Gasteiger partial charge in [-0.3, -0.25) is 0 Å². The average molecular weight is 688 g/mol. The Bertz CT molecular complexity index is 3130. The van der Waals surface area contributed by atoms with Crippen molar-refractivity contribution >= 4 is 32.7 Å². The SMILES string of the molecule is c1ccc2c(c1)-c1ccccc1C21c2ccccc2-c2ccc(-c3nc(-c4ccc5ccccc5c4)nc(-c4ccc5c(c4)oc4ccccc45)n3)cc21. The van der Waals surface area contributed by atoms with Gasteiger partial charge >= 0.3 is 0 Å². The third kappa shape index (κ3) is 3.99. The van der Waals surface area contributed by atoms with Crippen LogP contribution in [0.2, 0.25) is 0 Å². The van der Waals surface area contributed by atoms with Crippen LogP contribution in [0.3, 0.4) is 0 Å². The second-order valence-electron chi connectivity index (χ2n) is 14.3. The van der Waals surface area contributed by atoms with Crippen molar-refractivity contribution in [3.63, 3.8) is 0 Å². The van der Waals surface area contributed by atoms with Crippen LogP contribution < -0.4 is 0 Å². The van der Waals surface area contributed by atoms with Crippen molar-refractivity contribution in [2.24, 2.45) is 0 Å². The molecule has 0 saturated carbocycles. The topological polar surface area (TPSA) is 51.8 Å². The van der Waals surface area contributed by atoms with E-state index in [0.29, 0.717) is 17.5 Å². The van der Waals surface area contributed by atoms with Crippen LogP contribution >= 0.6 is 0 Å². The van der Waals surface area contributed by atoms with E-state index in [1.54, 1.807) is 0 Å². The van der Waals surface area contributed by atoms with Crippen LogP contribution in [0.15, 0.2) is 180 Å². The van der Waals surface area contributed by atoms with Gasteiger partial charge in [-0.05, 0) is 85.6 Å². The molecule has 0 unspecified atom stereocenters. The van der Waals surface area contributed by atoms with Gasteiger partial charge in [-0.1, -0.05) is 146 Å². The van der Waals surface area contributed by atoms with Crippen LogP contribution in [0.1, 0.15) is 22.3 Å². The molecule has 0 fully saturated rings. The predicted molar refractivity (Wildman–Crippen MR) is 217 cm³/mol. The van der Waals surface area contributed by atoms with E-state index >= 15 is 0 Å². The lowest BCUT2D eigenvalue weighted by atomic mass is 9.70. The van der Waals surface area contributed by atoms with E-state index in [4.69, 9.17) is 19.4 Å². The minimum absolute atomic E-state index is 0.460. The number of fused-ring (bicyclic) bond motifs is 14. The Morgan fingerprint density at radius 2 is 0.815 bits per heavy atom. The summed E-state index contributed by atoms with van der Waals surface area (Å²) in [6.45, 7) is 0. The maximum Gasteiger partial charge on any atom is 0.164 e. The number of furan rings is 1. The molecule has 4 nitrogen and oxygen atoms in total. The van der Waals surface area contributed by atoms with Crippen LogP contribution in [0.5, 0.6) is 0 Å². The summed E-state index contributed by atoms with van der Waals surface area (Å²) in [4.78, 5) is 15.6. The maximum atomic E-state index is 6.31. The first-order valence-electron chi connectivity index (χ1n) is 18.4. The zero-order chi connectivity index (χ0) is 35.4. The van der Waals surface area contributed by atoms with Gasteiger partial charge in [0, 0.05) is 27.5 Å². The van der Waals surface area contributed by atoms with Gasteiger partial charge in [-0.2, -0.15) is 0 Å². The standard InChI is InChI=1S/C50H29N3O/c1-2-12-31-27-32(22-21-30(31)11-1)47-51-48(53-49(52-47)34-24-26-40-39-16-6-10-20-45(39)54-46(40)29-34)33-23-25-38-37-15-5-9-19-43(37)50(44(38)28-33)41-17-7-3-13-35(41)36-14-4-8-18-42(36)50/h1-29H. The minimum atomic E-state index is -0.460. The number of hydrogen-bond acceptors (Lipinski definition) is 4. The molecule has 10 aromatic rings. The Balaban J connectivity index is 1.10. The quantitative estimate of drug-likeness (QED) is 0.185. The molecule has 1 spiro atoms. The van der Waals surface area contributed by atoms with E-state index in [-0.39, 0.29) is 0 Å². The average Bonchev–Trinajstić information content (AvgIpc) is 3.87. The van der Waals surface area contributed by atoms with Crippen molar-refractivity contribution in [1.82, 2.24) is 15.0 Å². The summed E-state index contributed by atoms with van der Waals surface area (Å²) in [7, 11) is 0. The second kappa shape index (κ2) is 10.9. The third-order valence-corrected chi connectivity index (χ3v) is 11.5. The summed E-state index contributed by atoms with van der Waals surface area (Å²) in [5, 5.41) is 4.47. The Morgan fingerprint density at radius 1 is 0.333 bits per heavy atom. The van der Waals surface area contributed by atoms with Crippen LogP contribution in [0.25, 0.3) is 89.1 Å². The fraction of sp³-hybridized carbons (Fsp3) is 0.0200. The zero-order valence-corrected chi connectivity index (χ0v) is 29.0. The van der Waals surface area contributed by atoms with E-state index in [9.17, 15) is 0 Å². The van der Waals surface area contributed by atoms with Crippen molar-refractivity contribution in [3.8, 4) is 56.4 Å². The molecule has 12 rings (SSSR count). The van der Waals surface area contributed by atoms with Crippen molar-refractivity contribution in [3.05, 3.63) is 198 Å². The smallest absolute Gasteiger partial charge is 0.164 e. The van der Waals surface area contributed by atoms with Crippen molar-refractivity contribution in [2.75, 3.05) is 0 Å². The molecular weight excluding hydrogens is 659 g/mol. The van der Waals surface area contributed by atoms with Crippen molar-refractivity contribution in [1.29, 1.82) is 0 Å². The summed E-state index contributed by atoms with van der Waals surface area (Å²) < 4.78 is 6.31. The monoisotopic (exact) mass is 687 g/mol. The molecule has 2 heterocycles. The summed E-state index contributed by atoms with van der Waals surface area (Å²) in [5.74, 6) is 1.85. The van der Waals surface area contributed by atoms with E-state index in [1.807, 2.05) is 18.2 Å². The normalized spacial score (nSPS) is 13.3. The number of hydrogen-bond donors (Lipinski definition) is 0. The number of benzene rings is 8. The van der Waals surface area contributed by atoms with Crippen molar-refractivity contribution in [2.45, 2.75) is 5.41 Å². The first-order chi connectivity index (χ1) is 26.7. The Hall–Kier alpha value is -7.17. The van der Waals surface area contributed by atoms with Gasteiger partial charge < -0.3 is 4.42 Å². The molecule has 0 aliphatic heterocycles. The molecule has 8 aromatic carbocycles. The Morgan fingerprint density at radius 3 is 1.50 bits per heavy atom. The van der Waals surface area contributed by atoms with Crippen LogP contribution in [0, 0.1) is 0 Å². The van der Waals surface area contributed by atoms with Gasteiger partial charge in [0.05, 0.1) is 5.41 Å². The van der Waals surface area contributed by atoms with Crippen LogP contribution in [-0.2, 0) is 5.41 Å². The van der Waals surface area contributed by atoms with Gasteiger partial charge in [0.2, 0.25) is 0 Å². The molecular formula is C50H29N3O. The predicted octanol–water partition coefficient (Wildman–Crippen LogP) is 12.3. The van der Waals surface area contributed by atoms with Crippen LogP contribution in [0.4, 0.5) is 0 Å². The minimum Gasteiger partial charge on any atom is -0.456 e. The molecule has 250 valence electrons. The lowest BCUT2D eigenvalue weighted by molar-refractivity contribution is 0.669. The molecule has 2 aromatic heterocycles. The highest BCUT2D eigenvalue weighted by atomic mass is 16.3. The first kappa shape index (κ1) is 29.4. The van der Waals surface area contributed by atoms with Gasteiger partial charge in [-0.25, -0.2) is 15.0 Å². The molecule has 0 amide bonds. The molecule has 0 atom stereocenters. The Labute approximate surface area is 311 Å². The largest absolute Gasteiger partial charge is 0.456 e. The molecule has 0 saturated heterocycles. The highest BCUT2D eigenvalue weighted by Crippen LogP contribution is 2.63. The summed E-state index contributed by atoms with van der Waals surface area (Å²) >= 11 is 0. The summed E-state index contributed by atoms with van der Waals surface area (Å²) in [6.07, 6.45) is 0. The molecule has 2 aliphatic carbocycles. The molecule has 4 heteroatoms. The van der Waals surface area contributed by atoms with E-state index in [0.717, 1.165) is 44.0 Å². The molecule has 54 heavy (non-hydrogen) atoms. The highest BCUT2D eigenvalue weighted by molar-refractivity contribution is 6.06. The molecule has 2 aliphatic rings. The molecule has 0 N–H and O–H groups in total. The molecule has 0 radical (unpaired) electrons. The zero-order valence-electron chi connectivity index (χ0n) is 29.0. The van der Waals surface area contributed by atoms with Crippen LogP contribution in [-0.4, -0.2) is 15.0 Å². The molecule has 0 bridgehead atoms. The number of rotatable bonds is 3. The maximum absolute atomic E-state index is 6.31. The van der Waals surface area contributed by atoms with Gasteiger partial charge in [0.1, 0.15) is 11.2 Å². The highest BCUT2D eigenvalue weighted by Gasteiger charge is 2.51. The Kier molecular flexibility index (Phi) is 5.95. The summed E-state index contributed by atoms with van der Waals surface area (Å²) in [6, 6.07) is 62.7. The lowest BCUT2D eigenvalue weighted by Gasteiger charge is -2.30.